The van der Waals surface area contributed by atoms with Crippen molar-refractivity contribution in [3.63, 3.8) is 0 Å². The van der Waals surface area contributed by atoms with Gasteiger partial charge in [-0.1, -0.05) is 12.1 Å². The lowest BCUT2D eigenvalue weighted by molar-refractivity contribution is 0.0374. The fraction of sp³-hybridized carbons (Fsp3) is 0.440. The lowest BCUT2D eigenvalue weighted by Crippen LogP contribution is -2.38. The highest BCUT2D eigenvalue weighted by Gasteiger charge is 2.21. The van der Waals surface area contributed by atoms with Crippen LogP contribution in [0.15, 0.2) is 42.5 Å². The molecule has 4 rings (SSSR count). The van der Waals surface area contributed by atoms with Crippen molar-refractivity contribution >= 4 is 29.0 Å². The lowest BCUT2D eigenvalue weighted by Gasteiger charge is -2.26. The van der Waals surface area contributed by atoms with Gasteiger partial charge in [0.05, 0.1) is 24.5 Å². The van der Waals surface area contributed by atoms with E-state index in [2.05, 4.69) is 25.8 Å². The number of hydrogen-bond donors (Lipinski definition) is 3. The Morgan fingerprint density at radius 2 is 1.74 bits per heavy atom. The molecule has 0 aliphatic carbocycles. The van der Waals surface area contributed by atoms with Gasteiger partial charge in [0.25, 0.3) is 5.91 Å². The fourth-order valence-corrected chi connectivity index (χ4v) is 4.30. The van der Waals surface area contributed by atoms with Crippen LogP contribution in [0.1, 0.15) is 29.6 Å². The second-order valence-corrected chi connectivity index (χ2v) is 8.55. The predicted octanol–water partition coefficient (Wildman–Crippen LogP) is 3.52. The Morgan fingerprint density at radius 3 is 2.50 bits per heavy atom. The van der Waals surface area contributed by atoms with Gasteiger partial charge < -0.3 is 25.6 Å². The van der Waals surface area contributed by atoms with E-state index in [1.54, 1.807) is 24.3 Å². The van der Waals surface area contributed by atoms with Crippen LogP contribution in [0, 0.1) is 5.82 Å². The number of carbonyl (C=O) groups is 2. The molecule has 0 spiro atoms. The first-order valence-corrected chi connectivity index (χ1v) is 11.9. The first-order valence-electron chi connectivity index (χ1n) is 11.9. The number of hydrogen-bond acceptors (Lipinski definition) is 5. The molecule has 9 heteroatoms. The summed E-state index contributed by atoms with van der Waals surface area (Å²) >= 11 is 0. The number of nitrogens with zero attached hydrogens (tertiary/aromatic N) is 2. The van der Waals surface area contributed by atoms with Crippen LogP contribution in [0.25, 0.3) is 0 Å². The van der Waals surface area contributed by atoms with Crippen LogP contribution in [0.4, 0.5) is 26.2 Å². The Balaban J connectivity index is 1.39. The summed E-state index contributed by atoms with van der Waals surface area (Å²) in [7, 11) is 0. The highest BCUT2D eigenvalue weighted by atomic mass is 19.1. The number of anilines is 3. The molecule has 2 aliphatic rings. The topological polar surface area (TPSA) is 85.9 Å². The third kappa shape index (κ3) is 6.45. The molecule has 2 aliphatic heterocycles. The van der Waals surface area contributed by atoms with Crippen molar-refractivity contribution in [1.82, 2.24) is 10.2 Å². The number of benzene rings is 2. The van der Waals surface area contributed by atoms with Crippen LogP contribution in [-0.2, 0) is 4.74 Å². The minimum Gasteiger partial charge on any atom is -0.379 e. The van der Waals surface area contributed by atoms with Crippen LogP contribution < -0.4 is 20.9 Å². The van der Waals surface area contributed by atoms with Gasteiger partial charge in [-0.2, -0.15) is 0 Å². The van der Waals surface area contributed by atoms with E-state index in [1.165, 1.54) is 12.1 Å². The van der Waals surface area contributed by atoms with E-state index >= 15 is 0 Å². The maximum absolute atomic E-state index is 13.8. The normalized spacial score (nSPS) is 16.3. The number of nitrogens with one attached hydrogen (secondary N) is 3. The highest BCUT2D eigenvalue weighted by Crippen LogP contribution is 2.28. The van der Waals surface area contributed by atoms with Crippen molar-refractivity contribution in [3.05, 3.63) is 53.8 Å². The second-order valence-electron chi connectivity index (χ2n) is 8.55. The van der Waals surface area contributed by atoms with Gasteiger partial charge in [-0.25, -0.2) is 9.18 Å². The second kappa shape index (κ2) is 11.8. The molecule has 0 aromatic heterocycles. The zero-order valence-corrected chi connectivity index (χ0v) is 19.3. The molecule has 2 saturated heterocycles. The van der Waals surface area contributed by atoms with E-state index in [-0.39, 0.29) is 11.6 Å². The van der Waals surface area contributed by atoms with Crippen molar-refractivity contribution in [2.75, 3.05) is 68.0 Å². The number of carbonyl (C=O) groups excluding carboxylic acids is 2. The number of ether oxygens (including phenoxy) is 1. The van der Waals surface area contributed by atoms with Crippen molar-refractivity contribution < 1.29 is 18.7 Å². The molecule has 2 aromatic carbocycles. The first-order chi connectivity index (χ1) is 16.6. The van der Waals surface area contributed by atoms with E-state index in [0.29, 0.717) is 17.8 Å². The molecule has 0 radical (unpaired) electrons. The molecule has 0 atom stereocenters. The van der Waals surface area contributed by atoms with E-state index < -0.39 is 11.8 Å². The number of morpholine rings is 1. The molecule has 2 heterocycles. The third-order valence-corrected chi connectivity index (χ3v) is 6.11. The van der Waals surface area contributed by atoms with E-state index in [1.807, 2.05) is 6.07 Å². The lowest BCUT2D eigenvalue weighted by atomic mass is 10.1. The maximum atomic E-state index is 13.8. The molecular formula is C25H32FN5O3. The monoisotopic (exact) mass is 469 g/mol. The average Bonchev–Trinajstić information content (AvgIpc) is 3.39. The Bertz CT molecular complexity index is 990. The van der Waals surface area contributed by atoms with E-state index in [0.717, 1.165) is 70.9 Å². The Kier molecular flexibility index (Phi) is 8.32. The molecule has 34 heavy (non-hydrogen) atoms. The summed E-state index contributed by atoms with van der Waals surface area (Å²) in [5.74, 6) is -0.679. The minimum absolute atomic E-state index is 0.0897. The Labute approximate surface area is 199 Å². The molecule has 2 fully saturated rings. The molecule has 0 saturated carbocycles. The number of halogens is 1. The van der Waals surface area contributed by atoms with Gasteiger partial charge in [-0.05, 0) is 56.1 Å². The molecule has 2 aromatic rings. The molecule has 3 N–H and O–H groups in total. The summed E-state index contributed by atoms with van der Waals surface area (Å²) in [5.41, 5.74) is 1.95. The molecule has 0 unspecified atom stereocenters. The molecule has 3 amide bonds. The summed E-state index contributed by atoms with van der Waals surface area (Å²) in [4.78, 5) is 30.0. The maximum Gasteiger partial charge on any atom is 0.323 e. The van der Waals surface area contributed by atoms with Gasteiger partial charge in [0.2, 0.25) is 0 Å². The molecule has 182 valence electrons. The first kappa shape index (κ1) is 24.0. The van der Waals surface area contributed by atoms with Crippen LogP contribution >= 0.6 is 0 Å². The Hall–Kier alpha value is -3.17. The Morgan fingerprint density at radius 1 is 0.971 bits per heavy atom. The minimum atomic E-state index is -0.573. The van der Waals surface area contributed by atoms with Gasteiger partial charge in [0, 0.05) is 44.1 Å². The summed E-state index contributed by atoms with van der Waals surface area (Å²) in [5, 5.41) is 8.24. The number of rotatable bonds is 8. The van der Waals surface area contributed by atoms with Crippen LogP contribution in [0.5, 0.6) is 0 Å². The third-order valence-electron chi connectivity index (χ3n) is 6.11. The molecular weight excluding hydrogens is 437 g/mol. The van der Waals surface area contributed by atoms with Gasteiger partial charge in [-0.15, -0.1) is 0 Å². The zero-order valence-electron chi connectivity index (χ0n) is 19.3. The summed E-state index contributed by atoms with van der Waals surface area (Å²) in [6.07, 6.45) is 3.03. The van der Waals surface area contributed by atoms with Crippen molar-refractivity contribution in [3.8, 4) is 0 Å². The van der Waals surface area contributed by atoms with Gasteiger partial charge in [0.1, 0.15) is 5.82 Å². The zero-order chi connectivity index (χ0) is 23.8. The summed E-state index contributed by atoms with van der Waals surface area (Å²) < 4.78 is 19.2. The summed E-state index contributed by atoms with van der Waals surface area (Å²) in [6, 6.07) is 10.7. The number of urea groups is 1. The van der Waals surface area contributed by atoms with Gasteiger partial charge in [-0.3, -0.25) is 9.69 Å². The summed E-state index contributed by atoms with van der Waals surface area (Å²) in [6.45, 7) is 6.66. The molecule has 8 nitrogen and oxygen atoms in total. The van der Waals surface area contributed by atoms with Crippen LogP contribution in [0.3, 0.4) is 0 Å². The predicted molar refractivity (Wildman–Crippen MR) is 131 cm³/mol. The van der Waals surface area contributed by atoms with E-state index in [4.69, 9.17) is 4.74 Å². The largest absolute Gasteiger partial charge is 0.379 e. The van der Waals surface area contributed by atoms with Crippen molar-refractivity contribution in [1.29, 1.82) is 0 Å². The average molecular weight is 470 g/mol. The SMILES string of the molecule is O=C(Nc1ccc(N2CCCC2)c(C(=O)NCCCN2CCOCC2)c1)Nc1ccccc1F. The fourth-order valence-electron chi connectivity index (χ4n) is 4.30. The molecule has 0 bridgehead atoms. The van der Waals surface area contributed by atoms with Gasteiger partial charge >= 0.3 is 6.03 Å². The smallest absolute Gasteiger partial charge is 0.323 e. The standard InChI is InChI=1S/C25H32FN5O3/c26-21-6-1-2-7-22(21)29-25(33)28-19-8-9-23(31-12-3-4-13-31)20(18-19)24(32)27-10-5-11-30-14-16-34-17-15-30/h1-2,6-9,18H,3-5,10-17H2,(H,27,32)(H2,28,29,33). The van der Waals surface area contributed by atoms with Crippen LogP contribution in [-0.4, -0.2) is 69.3 Å². The number of para-hydroxylation sites is 1. The quantitative estimate of drug-likeness (QED) is 0.515. The number of amides is 3. The van der Waals surface area contributed by atoms with Crippen molar-refractivity contribution in [2.24, 2.45) is 0 Å². The van der Waals surface area contributed by atoms with Crippen molar-refractivity contribution in [2.45, 2.75) is 19.3 Å². The van der Waals surface area contributed by atoms with E-state index in [9.17, 15) is 14.0 Å². The highest BCUT2D eigenvalue weighted by molar-refractivity contribution is 6.04. The van der Waals surface area contributed by atoms with Gasteiger partial charge in [0.15, 0.2) is 0 Å². The van der Waals surface area contributed by atoms with Crippen LogP contribution in [0.2, 0.25) is 0 Å².